The average Bonchev–Trinajstić information content (AvgIpc) is 0.914. The Morgan fingerprint density at radius 3 is 0.724 bits per heavy atom. The molecule has 3 N–H and O–H groups in total. The van der Waals surface area contributed by atoms with E-state index in [0.29, 0.717) is 25.7 Å². The molecule has 0 aliphatic carbocycles. The highest BCUT2D eigenvalue weighted by molar-refractivity contribution is 7.47. The Hall–Kier alpha value is -1.94. The normalized spacial score (nSPS) is 14.1. The molecule has 0 fully saturated rings. The topological polar surface area (TPSA) is 237 Å². The number of esters is 4. The van der Waals surface area contributed by atoms with Crippen LogP contribution >= 0.6 is 15.6 Å². The maximum Gasteiger partial charge on any atom is 0.472 e. The summed E-state index contributed by atoms with van der Waals surface area (Å²) in [6.45, 7) is 9.77. The van der Waals surface area contributed by atoms with Crippen LogP contribution in [0.4, 0.5) is 0 Å². The van der Waals surface area contributed by atoms with Crippen LogP contribution in [-0.4, -0.2) is 96.7 Å². The molecule has 0 radical (unpaired) electrons. The lowest BCUT2D eigenvalue weighted by molar-refractivity contribution is -0.161. The highest BCUT2D eigenvalue weighted by atomic mass is 31.2. The Bertz CT molecular complexity index is 2010. The molecule has 0 heterocycles. The van der Waals surface area contributed by atoms with Crippen LogP contribution in [0.5, 0.6) is 0 Å². The smallest absolute Gasteiger partial charge is 0.462 e. The zero-order chi connectivity index (χ0) is 77.1. The van der Waals surface area contributed by atoms with Crippen molar-refractivity contribution >= 4 is 39.5 Å². The van der Waals surface area contributed by atoms with Crippen molar-refractivity contribution in [3.8, 4) is 0 Å². The molecule has 0 aliphatic heterocycles. The molecule has 3 unspecified atom stereocenters. The minimum absolute atomic E-state index is 0.108. The van der Waals surface area contributed by atoms with Gasteiger partial charge in [0.1, 0.15) is 19.3 Å². The fourth-order valence-corrected chi connectivity index (χ4v) is 15.0. The molecule has 17 nitrogen and oxygen atoms in total. The van der Waals surface area contributed by atoms with Crippen LogP contribution in [0.1, 0.15) is 459 Å². The van der Waals surface area contributed by atoms with Crippen LogP contribution in [0.15, 0.2) is 0 Å². The van der Waals surface area contributed by atoms with Gasteiger partial charge in [0.15, 0.2) is 12.2 Å². The zero-order valence-corrected chi connectivity index (χ0v) is 70.8. The van der Waals surface area contributed by atoms with E-state index in [1.54, 1.807) is 0 Å². The summed E-state index contributed by atoms with van der Waals surface area (Å²) in [7, 11) is -9.93. The number of ether oxygens (including phenoxy) is 4. The molecular weight excluding hydrogens is 1370 g/mol. The monoisotopic (exact) mass is 1540 g/mol. The Morgan fingerprint density at radius 1 is 0.276 bits per heavy atom. The van der Waals surface area contributed by atoms with E-state index in [-0.39, 0.29) is 25.7 Å². The van der Waals surface area contributed by atoms with Crippen LogP contribution in [0.3, 0.4) is 0 Å². The van der Waals surface area contributed by atoms with Crippen LogP contribution in [0.2, 0.25) is 0 Å². The molecule has 0 aliphatic rings. The van der Waals surface area contributed by atoms with E-state index < -0.39 is 97.5 Å². The second-order valence-corrected chi connectivity index (χ2v) is 34.6. The molecule has 0 bridgehead atoms. The average molecular weight is 1540 g/mol. The number of phosphoric acid groups is 2. The van der Waals surface area contributed by atoms with Gasteiger partial charge < -0.3 is 33.8 Å². The fraction of sp³-hybridized carbons (Fsp3) is 0.953. The molecule has 0 saturated heterocycles. The lowest BCUT2D eigenvalue weighted by Gasteiger charge is -2.21. The first-order valence-corrected chi connectivity index (χ1v) is 47.5. The maximum absolute atomic E-state index is 13.1. The summed E-state index contributed by atoms with van der Waals surface area (Å²) in [4.78, 5) is 73.2. The van der Waals surface area contributed by atoms with Crippen molar-refractivity contribution in [2.45, 2.75) is 477 Å². The van der Waals surface area contributed by atoms with Gasteiger partial charge in [-0.3, -0.25) is 37.3 Å². The Balaban J connectivity index is 5.24. The summed E-state index contributed by atoms with van der Waals surface area (Å²) < 4.78 is 68.9. The zero-order valence-electron chi connectivity index (χ0n) is 69.0. The van der Waals surface area contributed by atoms with Gasteiger partial charge in [0.2, 0.25) is 0 Å². The van der Waals surface area contributed by atoms with Gasteiger partial charge in [-0.2, -0.15) is 0 Å². The number of carbonyl (C=O) groups excluding carboxylic acids is 4. The molecule has 0 spiro atoms. The predicted octanol–water partition coefficient (Wildman–Crippen LogP) is 26.2. The summed E-state index contributed by atoms with van der Waals surface area (Å²) in [5, 5.41) is 10.7. The molecule has 624 valence electrons. The van der Waals surface area contributed by atoms with Gasteiger partial charge >= 0.3 is 39.5 Å². The SMILES string of the molecule is CCCCCCCCCCCCCCCC(=O)OC[C@H](COP(=O)(O)OC[C@H](O)COP(=O)(O)OC[C@@H](COC(=O)CCCCCCCCCCCCCCCCC(C)C)OC(=O)CCCCCCCCCCCCCCCCCCCCC(C)CC)OC(=O)CCCCCCCCCCCCCCC. The molecule has 0 aromatic rings. The number of phosphoric ester groups is 2. The molecule has 19 heteroatoms. The molecular formula is C86H168O17P2. The summed E-state index contributed by atoms with van der Waals surface area (Å²) in [6, 6.07) is 0. The standard InChI is InChI=1S/C86H168O17P2/c1-7-10-12-14-16-18-20-30-38-44-50-56-62-68-83(88)96-74-81(102-85(90)70-64-58-52-46-40-31-21-19-17-15-13-11-8-2)76-100-104(92,93)98-72-80(87)73-99-105(94,95)101-77-82(75-97-84(89)69-63-57-51-45-39-34-29-28-32-36-42-48-54-60-66-78(4)5)103-86(91)71-65-59-53-47-41-35-27-25-23-22-24-26-33-37-43-49-55-61-67-79(6)9-3/h78-82,87H,7-77H2,1-6H3,(H,92,93)(H,94,95)/t79?,80-,81+,82+/m0/s1. The van der Waals surface area contributed by atoms with Crippen molar-refractivity contribution in [3.63, 3.8) is 0 Å². The molecule has 0 rings (SSSR count). The number of carbonyl (C=O) groups is 4. The number of hydrogen-bond acceptors (Lipinski definition) is 15. The highest BCUT2D eigenvalue weighted by Gasteiger charge is 2.30. The van der Waals surface area contributed by atoms with Crippen molar-refractivity contribution < 1.29 is 80.2 Å². The van der Waals surface area contributed by atoms with E-state index >= 15 is 0 Å². The maximum atomic E-state index is 13.1. The molecule has 0 amide bonds. The first-order valence-electron chi connectivity index (χ1n) is 44.5. The molecule has 105 heavy (non-hydrogen) atoms. The van der Waals surface area contributed by atoms with Crippen LogP contribution in [0, 0.1) is 11.8 Å². The summed E-state index contributed by atoms with van der Waals surface area (Å²) in [6.07, 6.45) is 69.2. The van der Waals surface area contributed by atoms with Gasteiger partial charge in [0.25, 0.3) is 0 Å². The summed E-state index contributed by atoms with van der Waals surface area (Å²) in [5.74, 6) is -0.429. The highest BCUT2D eigenvalue weighted by Crippen LogP contribution is 2.45. The first kappa shape index (κ1) is 103. The minimum Gasteiger partial charge on any atom is -0.462 e. The van der Waals surface area contributed by atoms with E-state index in [1.807, 2.05) is 0 Å². The second kappa shape index (κ2) is 77.4. The minimum atomic E-state index is -4.97. The number of unbranched alkanes of at least 4 members (excludes halogenated alkanes) is 54. The van der Waals surface area contributed by atoms with Crippen molar-refractivity contribution in [2.24, 2.45) is 11.8 Å². The third kappa shape index (κ3) is 78.5. The van der Waals surface area contributed by atoms with E-state index in [1.165, 1.54) is 276 Å². The van der Waals surface area contributed by atoms with Gasteiger partial charge in [-0.1, -0.05) is 408 Å². The Labute approximate surface area is 645 Å². The van der Waals surface area contributed by atoms with E-state index in [9.17, 15) is 43.2 Å². The molecule has 0 aromatic heterocycles. The van der Waals surface area contributed by atoms with Gasteiger partial charge in [-0.15, -0.1) is 0 Å². The first-order chi connectivity index (χ1) is 50.9. The second-order valence-electron chi connectivity index (χ2n) is 31.6. The quantitative estimate of drug-likeness (QED) is 0.0222. The fourth-order valence-electron chi connectivity index (χ4n) is 13.4. The molecule has 0 saturated carbocycles. The van der Waals surface area contributed by atoms with Gasteiger partial charge in [-0.05, 0) is 37.5 Å². The lowest BCUT2D eigenvalue weighted by Crippen LogP contribution is -2.30. The molecule has 6 atom stereocenters. The Kier molecular flexibility index (Phi) is 76.0. The van der Waals surface area contributed by atoms with Gasteiger partial charge in [-0.25, -0.2) is 9.13 Å². The predicted molar refractivity (Wildman–Crippen MR) is 432 cm³/mol. The van der Waals surface area contributed by atoms with Crippen LogP contribution in [-0.2, 0) is 65.4 Å². The number of aliphatic hydroxyl groups excluding tert-OH is 1. The van der Waals surface area contributed by atoms with E-state index in [4.69, 9.17) is 37.0 Å². The Morgan fingerprint density at radius 2 is 0.486 bits per heavy atom. The van der Waals surface area contributed by atoms with Gasteiger partial charge in [0.05, 0.1) is 26.4 Å². The van der Waals surface area contributed by atoms with E-state index in [0.717, 1.165) is 102 Å². The number of aliphatic hydroxyl groups is 1. The summed E-state index contributed by atoms with van der Waals surface area (Å²) >= 11 is 0. The summed E-state index contributed by atoms with van der Waals surface area (Å²) in [5.41, 5.74) is 0. The van der Waals surface area contributed by atoms with Crippen molar-refractivity contribution in [3.05, 3.63) is 0 Å². The largest absolute Gasteiger partial charge is 0.472 e. The molecule has 0 aromatic carbocycles. The van der Waals surface area contributed by atoms with E-state index in [2.05, 4.69) is 41.5 Å². The third-order valence-electron chi connectivity index (χ3n) is 20.6. The number of rotatable bonds is 85. The third-order valence-corrected chi connectivity index (χ3v) is 22.5. The van der Waals surface area contributed by atoms with Crippen molar-refractivity contribution in [2.75, 3.05) is 39.6 Å². The van der Waals surface area contributed by atoms with Crippen molar-refractivity contribution in [1.29, 1.82) is 0 Å². The number of hydrogen-bond donors (Lipinski definition) is 3. The van der Waals surface area contributed by atoms with Crippen LogP contribution < -0.4 is 0 Å². The van der Waals surface area contributed by atoms with Gasteiger partial charge in [0, 0.05) is 25.7 Å². The van der Waals surface area contributed by atoms with Crippen molar-refractivity contribution in [1.82, 2.24) is 0 Å². The van der Waals surface area contributed by atoms with Crippen LogP contribution in [0.25, 0.3) is 0 Å². The lowest BCUT2D eigenvalue weighted by atomic mass is 9.99.